The van der Waals surface area contributed by atoms with E-state index in [0.29, 0.717) is 10.7 Å². The predicted molar refractivity (Wildman–Crippen MR) is 88.7 cm³/mol. The molecule has 0 saturated carbocycles. The Bertz CT molecular complexity index is 656. The van der Waals surface area contributed by atoms with Crippen LogP contribution in [0.2, 0.25) is 0 Å². The van der Waals surface area contributed by atoms with E-state index in [1.165, 1.54) is 12.1 Å². The van der Waals surface area contributed by atoms with E-state index in [1.54, 1.807) is 19.1 Å². The molecule has 1 aromatic carbocycles. The van der Waals surface area contributed by atoms with Crippen molar-refractivity contribution >= 4 is 45.3 Å². The van der Waals surface area contributed by atoms with E-state index in [9.17, 15) is 10.1 Å². The largest absolute Gasteiger partial charge is 0.393 e. The maximum Gasteiger partial charge on any atom is 0.292 e. The number of benzene rings is 1. The topological polar surface area (TPSA) is 81.5 Å². The lowest BCUT2D eigenvalue weighted by Crippen LogP contribution is -1.97. The Morgan fingerprint density at radius 3 is 2.43 bits per heavy atom. The summed E-state index contributed by atoms with van der Waals surface area (Å²) in [6.07, 6.45) is 1.61. The summed E-state index contributed by atoms with van der Waals surface area (Å²) in [5.41, 5.74) is 7.85. The lowest BCUT2D eigenvalue weighted by atomic mass is 10.0. The summed E-state index contributed by atoms with van der Waals surface area (Å²) in [6.45, 7) is 5.35. The number of hydrogen-bond acceptors (Lipinski definition) is 4. The number of allylic oxidation sites excluding steroid dienone is 3. The highest BCUT2D eigenvalue weighted by Gasteiger charge is 2.14. The molecule has 0 saturated heterocycles. The van der Waals surface area contributed by atoms with Crippen LogP contribution >= 0.6 is 23.2 Å². The van der Waals surface area contributed by atoms with Crippen LogP contribution < -0.4 is 5.73 Å². The second-order valence-corrected chi connectivity index (χ2v) is 5.45. The third-order valence-electron chi connectivity index (χ3n) is 2.60. The number of aliphatic imine (C=N–C) groups is 1. The molecule has 0 heterocycles. The highest BCUT2D eigenvalue weighted by atomic mass is 35.5. The Labute approximate surface area is 132 Å². The monoisotopic (exact) mass is 327 g/mol. The second kappa shape index (κ2) is 7.24. The van der Waals surface area contributed by atoms with Gasteiger partial charge in [0, 0.05) is 6.07 Å². The molecule has 112 valence electrons. The van der Waals surface area contributed by atoms with Crippen LogP contribution in [0.15, 0.2) is 40.0 Å². The first-order valence-corrected chi connectivity index (χ1v) is 6.77. The van der Waals surface area contributed by atoms with Gasteiger partial charge in [0.2, 0.25) is 0 Å². The summed E-state index contributed by atoms with van der Waals surface area (Å²) in [5, 5.41) is 11.5. The van der Waals surface area contributed by atoms with Crippen molar-refractivity contribution in [3.05, 3.63) is 50.7 Å². The summed E-state index contributed by atoms with van der Waals surface area (Å²) < 4.78 is 0. The predicted octanol–water partition coefficient (Wildman–Crippen LogP) is 4.71. The van der Waals surface area contributed by atoms with Crippen molar-refractivity contribution in [2.24, 2.45) is 4.99 Å². The first-order chi connectivity index (χ1) is 9.72. The van der Waals surface area contributed by atoms with Gasteiger partial charge >= 0.3 is 0 Å². The van der Waals surface area contributed by atoms with Gasteiger partial charge in [-0.1, -0.05) is 34.8 Å². The molecule has 0 aliphatic heterocycles. The average molecular weight is 328 g/mol. The molecule has 0 spiro atoms. The van der Waals surface area contributed by atoms with Gasteiger partial charge in [0.1, 0.15) is 16.0 Å². The van der Waals surface area contributed by atoms with Gasteiger partial charge in [-0.05, 0) is 44.1 Å². The number of nitrogens with zero attached hydrogens (tertiary/aromatic N) is 2. The Morgan fingerprint density at radius 1 is 1.33 bits per heavy atom. The summed E-state index contributed by atoms with van der Waals surface area (Å²) >= 11 is 11.7. The SMILES string of the molecule is CC(C)=C(/C=C(Cl)\N=C(/C)Cl)c1ccc(N)c([N+](=O)[O-])c1. The van der Waals surface area contributed by atoms with Gasteiger partial charge in [0.15, 0.2) is 0 Å². The van der Waals surface area contributed by atoms with Crippen LogP contribution in [0.25, 0.3) is 5.57 Å². The number of hydrogen-bond donors (Lipinski definition) is 1. The maximum atomic E-state index is 11.0. The quantitative estimate of drug-likeness (QED) is 0.217. The van der Waals surface area contributed by atoms with Crippen LogP contribution in [0.4, 0.5) is 11.4 Å². The van der Waals surface area contributed by atoms with Gasteiger partial charge in [-0.25, -0.2) is 4.99 Å². The fourth-order valence-corrected chi connectivity index (χ4v) is 2.05. The van der Waals surface area contributed by atoms with E-state index in [0.717, 1.165) is 11.1 Å². The van der Waals surface area contributed by atoms with Gasteiger partial charge in [0.25, 0.3) is 5.69 Å². The van der Waals surface area contributed by atoms with Crippen LogP contribution in [0.1, 0.15) is 26.3 Å². The van der Waals surface area contributed by atoms with Crippen LogP contribution in [0.3, 0.4) is 0 Å². The number of nitro groups is 1. The molecule has 0 aliphatic carbocycles. The minimum absolute atomic E-state index is 0.113. The third-order valence-corrected chi connectivity index (χ3v) is 2.88. The van der Waals surface area contributed by atoms with Crippen molar-refractivity contribution in [3.8, 4) is 0 Å². The zero-order valence-electron chi connectivity index (χ0n) is 11.9. The molecule has 0 amide bonds. The van der Waals surface area contributed by atoms with Crippen LogP contribution in [0, 0.1) is 10.1 Å². The molecule has 21 heavy (non-hydrogen) atoms. The van der Waals surface area contributed by atoms with Gasteiger partial charge in [0.05, 0.1) is 4.92 Å². The fourth-order valence-electron chi connectivity index (χ4n) is 1.68. The molecule has 0 atom stereocenters. The van der Waals surface area contributed by atoms with Crippen molar-refractivity contribution in [2.75, 3.05) is 5.73 Å². The summed E-state index contributed by atoms with van der Waals surface area (Å²) in [6, 6.07) is 4.60. The Hall–Kier alpha value is -1.85. The first kappa shape index (κ1) is 17.2. The number of anilines is 1. The molecule has 0 radical (unpaired) electrons. The van der Waals surface area contributed by atoms with Crippen LogP contribution in [0.5, 0.6) is 0 Å². The molecule has 7 heteroatoms. The summed E-state index contributed by atoms with van der Waals surface area (Å²) in [4.78, 5) is 14.4. The number of rotatable bonds is 4. The highest BCUT2D eigenvalue weighted by molar-refractivity contribution is 6.65. The molecule has 0 unspecified atom stereocenters. The molecule has 0 fully saturated rings. The third kappa shape index (κ3) is 4.88. The van der Waals surface area contributed by atoms with E-state index >= 15 is 0 Å². The molecule has 0 aliphatic rings. The minimum atomic E-state index is -0.520. The van der Waals surface area contributed by atoms with Gasteiger partial charge in [-0.3, -0.25) is 10.1 Å². The lowest BCUT2D eigenvalue weighted by molar-refractivity contribution is -0.383. The number of nitrogens with two attached hydrogens (primary N) is 1. The molecular weight excluding hydrogens is 313 g/mol. The number of halogens is 2. The minimum Gasteiger partial charge on any atom is -0.393 e. The number of nitrogen functional groups attached to an aromatic ring is 1. The van der Waals surface area contributed by atoms with Gasteiger partial charge < -0.3 is 5.73 Å². The molecule has 0 aromatic heterocycles. The average Bonchev–Trinajstić information content (AvgIpc) is 2.35. The van der Waals surface area contributed by atoms with Gasteiger partial charge in [-0.2, -0.15) is 0 Å². The van der Waals surface area contributed by atoms with E-state index in [-0.39, 0.29) is 16.5 Å². The normalized spacial score (nSPS) is 12.2. The van der Waals surface area contributed by atoms with E-state index in [1.807, 2.05) is 13.8 Å². The maximum absolute atomic E-state index is 11.0. The first-order valence-electron chi connectivity index (χ1n) is 6.02. The standard InChI is InChI=1S/C14H15Cl2N3O2/c1-8(2)11(7-14(16)18-9(3)15)10-4-5-12(17)13(6-10)19(20)21/h4-7H,17H2,1-3H3/b14-7-,18-9+. The molecule has 5 nitrogen and oxygen atoms in total. The molecule has 1 rings (SSSR count). The van der Waals surface area contributed by atoms with Crippen molar-refractivity contribution in [1.82, 2.24) is 0 Å². The fraction of sp³-hybridized carbons (Fsp3) is 0.214. The molecule has 1 aromatic rings. The zero-order chi connectivity index (χ0) is 16.2. The van der Waals surface area contributed by atoms with Crippen molar-refractivity contribution in [2.45, 2.75) is 20.8 Å². The van der Waals surface area contributed by atoms with E-state index < -0.39 is 4.92 Å². The molecular formula is C14H15Cl2N3O2. The lowest BCUT2D eigenvalue weighted by Gasteiger charge is -2.07. The van der Waals surface area contributed by atoms with Crippen molar-refractivity contribution in [1.29, 1.82) is 0 Å². The highest BCUT2D eigenvalue weighted by Crippen LogP contribution is 2.29. The Morgan fingerprint density at radius 2 is 1.95 bits per heavy atom. The van der Waals surface area contributed by atoms with E-state index in [4.69, 9.17) is 28.9 Å². The Kier molecular flexibility index (Phi) is 5.93. The summed E-state index contributed by atoms with van der Waals surface area (Å²) in [5.74, 6) is 0. The molecule has 0 bridgehead atoms. The second-order valence-electron chi connectivity index (χ2n) is 4.52. The molecule has 2 N–H and O–H groups in total. The smallest absolute Gasteiger partial charge is 0.292 e. The number of nitro benzene ring substituents is 1. The van der Waals surface area contributed by atoms with Crippen molar-refractivity contribution < 1.29 is 4.92 Å². The van der Waals surface area contributed by atoms with Crippen molar-refractivity contribution in [3.63, 3.8) is 0 Å². The van der Waals surface area contributed by atoms with Crippen LogP contribution in [-0.4, -0.2) is 10.1 Å². The Balaban J connectivity index is 3.40. The van der Waals surface area contributed by atoms with E-state index in [2.05, 4.69) is 4.99 Å². The summed E-state index contributed by atoms with van der Waals surface area (Å²) in [7, 11) is 0. The van der Waals surface area contributed by atoms with Gasteiger partial charge in [-0.15, -0.1) is 0 Å². The zero-order valence-corrected chi connectivity index (χ0v) is 13.4. The van der Waals surface area contributed by atoms with Crippen LogP contribution in [-0.2, 0) is 0 Å².